The van der Waals surface area contributed by atoms with E-state index in [1.807, 2.05) is 18.2 Å². The molecule has 0 radical (unpaired) electrons. The summed E-state index contributed by atoms with van der Waals surface area (Å²) in [7, 11) is 2.07. The Morgan fingerprint density at radius 2 is 2.21 bits per heavy atom. The Balaban J connectivity index is 1.97. The van der Waals surface area contributed by atoms with Gasteiger partial charge in [0.1, 0.15) is 10.7 Å². The van der Waals surface area contributed by atoms with Crippen molar-refractivity contribution in [3.63, 3.8) is 0 Å². The molecule has 1 aromatic heterocycles. The second-order valence-electron chi connectivity index (χ2n) is 4.38. The molecule has 4 nitrogen and oxygen atoms in total. The van der Waals surface area contributed by atoms with E-state index < -0.39 is 0 Å². The van der Waals surface area contributed by atoms with Gasteiger partial charge in [-0.1, -0.05) is 28.2 Å². The fraction of sp³-hybridized carbons (Fsp3) is 0.385. The number of nitrogens with one attached hydrogen (secondary N) is 1. The van der Waals surface area contributed by atoms with Gasteiger partial charge in [0.15, 0.2) is 0 Å². The summed E-state index contributed by atoms with van der Waals surface area (Å²) in [6.45, 7) is 4.56. The SMILES string of the molecule is CCNc1snnc1CN(C)Cc1cccc(Cl)c1. The van der Waals surface area contributed by atoms with Crippen LogP contribution < -0.4 is 5.32 Å². The summed E-state index contributed by atoms with van der Waals surface area (Å²) in [5, 5.41) is 9.28. The fourth-order valence-electron chi connectivity index (χ4n) is 1.87. The molecular formula is C13H17ClN4S. The highest BCUT2D eigenvalue weighted by Crippen LogP contribution is 2.19. The van der Waals surface area contributed by atoms with E-state index in [9.17, 15) is 0 Å². The third-order valence-corrected chi connectivity index (χ3v) is 3.62. The first-order valence-corrected chi connectivity index (χ1v) is 7.32. The molecule has 0 amide bonds. The third kappa shape index (κ3) is 4.16. The zero-order valence-corrected chi connectivity index (χ0v) is 12.6. The lowest BCUT2D eigenvalue weighted by molar-refractivity contribution is 0.315. The average Bonchev–Trinajstić information content (AvgIpc) is 2.77. The predicted octanol–water partition coefficient (Wildman–Crippen LogP) is 3.26. The Morgan fingerprint density at radius 3 is 2.95 bits per heavy atom. The molecule has 19 heavy (non-hydrogen) atoms. The van der Waals surface area contributed by atoms with E-state index in [1.54, 1.807) is 0 Å². The molecule has 0 aliphatic heterocycles. The van der Waals surface area contributed by atoms with Gasteiger partial charge in [0.2, 0.25) is 0 Å². The van der Waals surface area contributed by atoms with E-state index in [4.69, 9.17) is 11.6 Å². The van der Waals surface area contributed by atoms with E-state index >= 15 is 0 Å². The standard InChI is InChI=1S/C13H17ClN4S/c1-3-15-13-12(16-17-19-13)9-18(2)8-10-5-4-6-11(14)7-10/h4-7,15H,3,8-9H2,1-2H3. The summed E-state index contributed by atoms with van der Waals surface area (Å²) in [4.78, 5) is 2.20. The lowest BCUT2D eigenvalue weighted by Gasteiger charge is -2.16. The van der Waals surface area contributed by atoms with Crippen LogP contribution in [0.2, 0.25) is 5.02 Å². The number of hydrogen-bond acceptors (Lipinski definition) is 5. The summed E-state index contributed by atoms with van der Waals surface area (Å²) in [6.07, 6.45) is 0. The summed E-state index contributed by atoms with van der Waals surface area (Å²) >= 11 is 7.39. The normalized spacial score (nSPS) is 10.9. The minimum Gasteiger partial charge on any atom is -0.374 e. The number of rotatable bonds is 6. The van der Waals surface area contributed by atoms with Crippen molar-refractivity contribution in [1.29, 1.82) is 0 Å². The number of halogens is 1. The third-order valence-electron chi connectivity index (χ3n) is 2.65. The van der Waals surface area contributed by atoms with Crippen LogP contribution in [0.4, 0.5) is 5.00 Å². The molecule has 1 N–H and O–H groups in total. The van der Waals surface area contributed by atoms with Crippen LogP contribution in [0.3, 0.4) is 0 Å². The van der Waals surface area contributed by atoms with Gasteiger partial charge < -0.3 is 5.32 Å². The van der Waals surface area contributed by atoms with E-state index in [1.165, 1.54) is 17.1 Å². The molecule has 0 unspecified atom stereocenters. The zero-order valence-electron chi connectivity index (χ0n) is 11.1. The summed E-state index contributed by atoms with van der Waals surface area (Å²) in [5.41, 5.74) is 2.19. The van der Waals surface area contributed by atoms with E-state index in [0.717, 1.165) is 35.4 Å². The topological polar surface area (TPSA) is 41.1 Å². The van der Waals surface area contributed by atoms with Crippen LogP contribution in [-0.2, 0) is 13.1 Å². The summed E-state index contributed by atoms with van der Waals surface area (Å²) < 4.78 is 4.00. The molecule has 0 fully saturated rings. The molecule has 0 aliphatic rings. The average molecular weight is 297 g/mol. The first-order chi connectivity index (χ1) is 9.19. The van der Waals surface area contributed by atoms with Crippen molar-refractivity contribution in [3.8, 4) is 0 Å². The highest BCUT2D eigenvalue weighted by atomic mass is 35.5. The Kier molecular flexibility index (Phi) is 5.13. The van der Waals surface area contributed by atoms with Gasteiger partial charge in [0.05, 0.1) is 0 Å². The Labute approximate surface area is 122 Å². The molecule has 0 atom stereocenters. The second-order valence-corrected chi connectivity index (χ2v) is 5.57. The van der Waals surface area contributed by atoms with Crippen LogP contribution in [0.1, 0.15) is 18.2 Å². The Hall–Kier alpha value is -1.17. The van der Waals surface area contributed by atoms with Crippen molar-refractivity contribution < 1.29 is 0 Å². The van der Waals surface area contributed by atoms with Gasteiger partial charge in [-0.25, -0.2) is 0 Å². The number of benzene rings is 1. The van der Waals surface area contributed by atoms with Crippen LogP contribution in [0.5, 0.6) is 0 Å². The Bertz CT molecular complexity index is 529. The predicted molar refractivity (Wildman–Crippen MR) is 80.7 cm³/mol. The molecule has 6 heteroatoms. The van der Waals surface area contributed by atoms with Crippen LogP contribution >= 0.6 is 23.1 Å². The highest BCUT2D eigenvalue weighted by Gasteiger charge is 2.10. The molecule has 0 bridgehead atoms. The molecule has 0 spiro atoms. The number of hydrogen-bond donors (Lipinski definition) is 1. The lowest BCUT2D eigenvalue weighted by atomic mass is 10.2. The summed E-state index contributed by atoms with van der Waals surface area (Å²) in [5.74, 6) is 0. The van der Waals surface area contributed by atoms with E-state index in [0.29, 0.717) is 0 Å². The second kappa shape index (κ2) is 6.84. The molecule has 1 aromatic carbocycles. The van der Waals surface area contributed by atoms with E-state index in [2.05, 4.69) is 39.8 Å². The van der Waals surface area contributed by atoms with Gasteiger partial charge >= 0.3 is 0 Å². The van der Waals surface area contributed by atoms with Crippen molar-refractivity contribution in [2.24, 2.45) is 0 Å². The summed E-state index contributed by atoms with van der Waals surface area (Å²) in [6, 6.07) is 7.92. The maximum absolute atomic E-state index is 5.99. The lowest BCUT2D eigenvalue weighted by Crippen LogP contribution is -2.18. The van der Waals surface area contributed by atoms with Gasteiger partial charge in [-0.3, -0.25) is 4.90 Å². The maximum atomic E-state index is 5.99. The number of nitrogens with zero attached hydrogens (tertiary/aromatic N) is 3. The number of aromatic nitrogens is 2. The highest BCUT2D eigenvalue weighted by molar-refractivity contribution is 7.10. The van der Waals surface area contributed by atoms with Crippen LogP contribution in [0.15, 0.2) is 24.3 Å². The molecular weight excluding hydrogens is 280 g/mol. The van der Waals surface area contributed by atoms with Gasteiger partial charge in [-0.15, -0.1) is 5.10 Å². The fourth-order valence-corrected chi connectivity index (χ4v) is 2.72. The monoisotopic (exact) mass is 296 g/mol. The quantitative estimate of drug-likeness (QED) is 0.888. The molecule has 0 aliphatic carbocycles. The van der Waals surface area contributed by atoms with Crippen LogP contribution in [0, 0.1) is 0 Å². The molecule has 2 aromatic rings. The largest absolute Gasteiger partial charge is 0.374 e. The number of anilines is 1. The minimum atomic E-state index is 0.769. The van der Waals surface area contributed by atoms with Crippen molar-refractivity contribution >= 4 is 28.1 Å². The molecule has 0 saturated heterocycles. The van der Waals surface area contributed by atoms with Gasteiger partial charge in [0, 0.05) is 36.2 Å². The van der Waals surface area contributed by atoms with Crippen molar-refractivity contribution in [1.82, 2.24) is 14.5 Å². The smallest absolute Gasteiger partial charge is 0.134 e. The zero-order chi connectivity index (χ0) is 13.7. The maximum Gasteiger partial charge on any atom is 0.134 e. The first-order valence-electron chi connectivity index (χ1n) is 6.17. The van der Waals surface area contributed by atoms with Crippen molar-refractivity contribution in [2.75, 3.05) is 18.9 Å². The molecule has 2 rings (SSSR count). The molecule has 0 saturated carbocycles. The molecule has 102 valence electrons. The Morgan fingerprint density at radius 1 is 1.37 bits per heavy atom. The van der Waals surface area contributed by atoms with Crippen molar-refractivity contribution in [2.45, 2.75) is 20.0 Å². The van der Waals surface area contributed by atoms with Crippen LogP contribution in [0.25, 0.3) is 0 Å². The van der Waals surface area contributed by atoms with Gasteiger partial charge in [0.25, 0.3) is 0 Å². The van der Waals surface area contributed by atoms with Gasteiger partial charge in [-0.2, -0.15) is 0 Å². The van der Waals surface area contributed by atoms with E-state index in [-0.39, 0.29) is 0 Å². The minimum absolute atomic E-state index is 0.769. The van der Waals surface area contributed by atoms with Crippen LogP contribution in [-0.4, -0.2) is 28.1 Å². The first kappa shape index (κ1) is 14.2. The van der Waals surface area contributed by atoms with Gasteiger partial charge in [-0.05, 0) is 31.7 Å². The van der Waals surface area contributed by atoms with Crippen molar-refractivity contribution in [3.05, 3.63) is 40.5 Å². The molecule has 1 heterocycles.